The normalized spacial score (nSPS) is 19.0. The highest BCUT2D eigenvalue weighted by Gasteiger charge is 2.32. The third-order valence-corrected chi connectivity index (χ3v) is 8.60. The van der Waals surface area contributed by atoms with Gasteiger partial charge in [-0.15, -0.1) is 0 Å². The smallest absolute Gasteiger partial charge is 0.256 e. The maximum absolute atomic E-state index is 14.1. The number of aromatic nitrogens is 3. The molecule has 0 radical (unpaired) electrons. The van der Waals surface area contributed by atoms with Gasteiger partial charge in [0.15, 0.2) is 0 Å². The molecular weight excluding hydrogens is 505 g/mol. The molecule has 1 N–H and O–H groups in total. The molecular formula is C24H24FN5O4S2. The molecule has 2 unspecified atom stereocenters. The van der Waals surface area contributed by atoms with Gasteiger partial charge in [-0.25, -0.2) is 17.8 Å². The first-order valence-corrected chi connectivity index (χ1v) is 13.6. The van der Waals surface area contributed by atoms with Crippen LogP contribution in [-0.2, 0) is 14.8 Å². The van der Waals surface area contributed by atoms with Gasteiger partial charge in [0.05, 0.1) is 27.5 Å². The largest absolute Gasteiger partial charge is 0.373 e. The third kappa shape index (κ3) is 4.64. The lowest BCUT2D eigenvalue weighted by atomic mass is 10.2. The molecule has 9 nitrogen and oxygen atoms in total. The summed E-state index contributed by atoms with van der Waals surface area (Å²) < 4.78 is 49.4. The van der Waals surface area contributed by atoms with Crippen molar-refractivity contribution in [2.24, 2.45) is 0 Å². The van der Waals surface area contributed by atoms with Crippen molar-refractivity contribution in [1.29, 1.82) is 0 Å². The number of carbonyl (C=O) groups excluding carboxylic acids is 1. The first-order valence-electron chi connectivity index (χ1n) is 11.3. The molecule has 0 spiro atoms. The first-order chi connectivity index (χ1) is 17.1. The number of ether oxygens (including phenoxy) is 1. The number of benzene rings is 2. The van der Waals surface area contributed by atoms with E-state index in [0.29, 0.717) is 21.3 Å². The fourth-order valence-electron chi connectivity index (χ4n) is 4.17. The second-order valence-electron chi connectivity index (χ2n) is 8.72. The Morgan fingerprint density at radius 1 is 1.14 bits per heavy atom. The molecule has 2 aromatic carbocycles. The molecule has 0 bridgehead atoms. The number of hydrogen-bond acceptors (Lipinski definition) is 7. The molecule has 1 amide bonds. The Morgan fingerprint density at radius 3 is 2.50 bits per heavy atom. The van der Waals surface area contributed by atoms with Crippen molar-refractivity contribution in [2.75, 3.05) is 18.4 Å². The van der Waals surface area contributed by atoms with Crippen molar-refractivity contribution in [3.05, 3.63) is 65.6 Å². The highest BCUT2D eigenvalue weighted by atomic mass is 32.2. The Labute approximate surface area is 211 Å². The fourth-order valence-corrected chi connectivity index (χ4v) is 6.71. The minimum Gasteiger partial charge on any atom is -0.373 e. The van der Waals surface area contributed by atoms with E-state index in [2.05, 4.69) is 15.4 Å². The van der Waals surface area contributed by atoms with E-state index in [1.54, 1.807) is 25.1 Å². The van der Waals surface area contributed by atoms with Gasteiger partial charge in [0.1, 0.15) is 17.2 Å². The molecule has 2 atom stereocenters. The van der Waals surface area contributed by atoms with Crippen molar-refractivity contribution in [3.63, 3.8) is 0 Å². The van der Waals surface area contributed by atoms with Crippen LogP contribution < -0.4 is 5.32 Å². The second-order valence-corrected chi connectivity index (χ2v) is 11.7. The summed E-state index contributed by atoms with van der Waals surface area (Å²) in [7, 11) is -3.72. The topological polar surface area (TPSA) is 106 Å². The molecule has 4 aromatic rings. The zero-order chi connectivity index (χ0) is 25.6. The van der Waals surface area contributed by atoms with Gasteiger partial charge in [-0.1, -0.05) is 17.4 Å². The quantitative estimate of drug-likeness (QED) is 0.419. The number of morpholine rings is 1. The zero-order valence-corrected chi connectivity index (χ0v) is 21.4. The predicted octanol–water partition coefficient (Wildman–Crippen LogP) is 3.98. The minimum absolute atomic E-state index is 0.109. The number of anilines is 1. The molecule has 0 saturated carbocycles. The van der Waals surface area contributed by atoms with Crippen molar-refractivity contribution >= 4 is 43.3 Å². The van der Waals surface area contributed by atoms with Gasteiger partial charge in [-0.2, -0.15) is 14.1 Å². The standard InChI is InChI=1S/C24H24FN5O4S2/c1-14-11-21(30(28-14)24-27-22-19(25)5-4-6-20(22)35-24)26-23(31)17-7-9-18(10-8-17)36(32,33)29-12-15(2)34-16(3)13-29/h4-11,15-16H,12-13H2,1-3H3,(H,26,31). The van der Waals surface area contributed by atoms with Crippen molar-refractivity contribution in [3.8, 4) is 5.13 Å². The Hall–Kier alpha value is -3.19. The lowest BCUT2D eigenvalue weighted by Crippen LogP contribution is -2.48. The molecule has 0 aliphatic carbocycles. The van der Waals surface area contributed by atoms with E-state index in [1.165, 1.54) is 50.7 Å². The number of nitrogens with one attached hydrogen (secondary N) is 1. The van der Waals surface area contributed by atoms with Crippen LogP contribution in [0, 0.1) is 12.7 Å². The SMILES string of the molecule is Cc1cc(NC(=O)c2ccc(S(=O)(=O)N3CC(C)OC(C)C3)cc2)n(-c2nc3c(F)cccc3s2)n1. The van der Waals surface area contributed by atoms with E-state index < -0.39 is 21.7 Å². The lowest BCUT2D eigenvalue weighted by Gasteiger charge is -2.34. The summed E-state index contributed by atoms with van der Waals surface area (Å²) in [4.78, 5) is 17.4. The molecule has 36 heavy (non-hydrogen) atoms. The number of para-hydroxylation sites is 1. The molecule has 2 aromatic heterocycles. The van der Waals surface area contributed by atoms with Gasteiger partial charge in [0.2, 0.25) is 15.2 Å². The van der Waals surface area contributed by atoms with Crippen molar-refractivity contribution < 1.29 is 22.3 Å². The fraction of sp³-hybridized carbons (Fsp3) is 0.292. The van der Waals surface area contributed by atoms with Gasteiger partial charge in [-0.05, 0) is 57.2 Å². The van der Waals surface area contributed by atoms with Crippen molar-refractivity contribution in [2.45, 2.75) is 37.9 Å². The van der Waals surface area contributed by atoms with Gasteiger partial charge in [0.25, 0.3) is 5.91 Å². The molecule has 3 heterocycles. The summed E-state index contributed by atoms with van der Waals surface area (Å²) in [6.07, 6.45) is -0.400. The third-order valence-electron chi connectivity index (χ3n) is 5.75. The van der Waals surface area contributed by atoms with Gasteiger partial charge < -0.3 is 10.1 Å². The number of halogens is 1. The van der Waals surface area contributed by atoms with Crippen LogP contribution >= 0.6 is 11.3 Å². The van der Waals surface area contributed by atoms with Gasteiger partial charge in [0, 0.05) is 24.7 Å². The van der Waals surface area contributed by atoms with E-state index in [9.17, 15) is 17.6 Å². The van der Waals surface area contributed by atoms with Gasteiger partial charge in [-0.3, -0.25) is 4.79 Å². The summed E-state index contributed by atoms with van der Waals surface area (Å²) in [6, 6.07) is 12.2. The van der Waals surface area contributed by atoms with E-state index in [4.69, 9.17) is 4.74 Å². The molecule has 1 aliphatic rings. The number of hydrogen-bond donors (Lipinski definition) is 1. The van der Waals surface area contributed by atoms with Crippen molar-refractivity contribution in [1.82, 2.24) is 19.1 Å². The highest BCUT2D eigenvalue weighted by molar-refractivity contribution is 7.89. The van der Waals surface area contributed by atoms with E-state index in [1.807, 2.05) is 13.8 Å². The summed E-state index contributed by atoms with van der Waals surface area (Å²) in [6.45, 7) is 5.99. The van der Waals surface area contributed by atoms with E-state index in [0.717, 1.165) is 0 Å². The average Bonchev–Trinajstić information content (AvgIpc) is 3.42. The summed E-state index contributed by atoms with van der Waals surface area (Å²) in [5, 5.41) is 7.60. The molecule has 5 rings (SSSR count). The van der Waals surface area contributed by atoms with Gasteiger partial charge >= 0.3 is 0 Å². The molecule has 12 heteroatoms. The van der Waals surface area contributed by atoms with Crippen LogP contribution in [0.4, 0.5) is 10.2 Å². The van der Waals surface area contributed by atoms with Crippen LogP contribution in [0.1, 0.15) is 29.9 Å². The molecule has 1 fully saturated rings. The number of aryl methyl sites for hydroxylation is 1. The molecule has 1 aliphatic heterocycles. The zero-order valence-electron chi connectivity index (χ0n) is 19.8. The second kappa shape index (κ2) is 9.36. The number of sulfonamides is 1. The van der Waals surface area contributed by atoms with Crippen LogP contribution in [0.2, 0.25) is 0 Å². The molecule has 188 valence electrons. The van der Waals surface area contributed by atoms with E-state index in [-0.39, 0.29) is 41.3 Å². The number of rotatable bonds is 5. The lowest BCUT2D eigenvalue weighted by molar-refractivity contribution is -0.0440. The van der Waals surface area contributed by atoms with Crippen LogP contribution in [0.3, 0.4) is 0 Å². The maximum atomic E-state index is 14.1. The number of fused-ring (bicyclic) bond motifs is 1. The van der Waals surface area contributed by atoms with Crippen LogP contribution in [-0.4, -0.2) is 58.7 Å². The average molecular weight is 530 g/mol. The first kappa shape index (κ1) is 24.5. The monoisotopic (exact) mass is 529 g/mol. The number of thiazole rings is 1. The Balaban J connectivity index is 1.37. The van der Waals surface area contributed by atoms with Crippen LogP contribution in [0.25, 0.3) is 15.3 Å². The van der Waals surface area contributed by atoms with Crippen LogP contribution in [0.15, 0.2) is 53.4 Å². The van der Waals surface area contributed by atoms with Crippen LogP contribution in [0.5, 0.6) is 0 Å². The Kier molecular flexibility index (Phi) is 6.37. The summed E-state index contributed by atoms with van der Waals surface area (Å²) >= 11 is 1.25. The highest BCUT2D eigenvalue weighted by Crippen LogP contribution is 2.29. The number of nitrogens with zero attached hydrogens (tertiary/aromatic N) is 4. The number of amides is 1. The Morgan fingerprint density at radius 2 is 1.83 bits per heavy atom. The number of carbonyl (C=O) groups is 1. The summed E-state index contributed by atoms with van der Waals surface area (Å²) in [5.74, 6) is -0.508. The molecule has 1 saturated heterocycles. The predicted molar refractivity (Wildman–Crippen MR) is 135 cm³/mol. The maximum Gasteiger partial charge on any atom is 0.256 e. The summed E-state index contributed by atoms with van der Waals surface area (Å²) in [5.41, 5.74) is 1.16. The minimum atomic E-state index is -3.72. The Bertz CT molecular complexity index is 1540. The van der Waals surface area contributed by atoms with E-state index >= 15 is 0 Å².